The van der Waals surface area contributed by atoms with Crippen LogP contribution in [0.15, 0.2) is 24.3 Å². The maximum Gasteiger partial charge on any atom is 0.414 e. The lowest BCUT2D eigenvalue weighted by Crippen LogP contribution is -2.64. The molecule has 1 aliphatic rings. The number of carbonyl (C=O) groups is 1. The highest BCUT2D eigenvalue weighted by molar-refractivity contribution is 5.91. The Bertz CT molecular complexity index is 669. The van der Waals surface area contributed by atoms with E-state index in [-0.39, 0.29) is 12.0 Å². The number of ether oxygens (including phenoxy) is 2. The third-order valence-electron chi connectivity index (χ3n) is 5.51. The average molecular weight is 358 g/mol. The molecular weight excluding hydrogens is 328 g/mol. The van der Waals surface area contributed by atoms with Crippen molar-refractivity contribution in [1.82, 2.24) is 4.90 Å². The van der Waals surface area contributed by atoms with Gasteiger partial charge in [-0.15, -0.1) is 12.3 Å². The predicted octanol–water partition coefficient (Wildman–Crippen LogP) is 3.78. The van der Waals surface area contributed by atoms with Crippen LogP contribution >= 0.6 is 0 Å². The van der Waals surface area contributed by atoms with Crippen molar-refractivity contribution in [3.63, 3.8) is 0 Å². The van der Waals surface area contributed by atoms with Crippen molar-refractivity contribution >= 4 is 11.8 Å². The second-order valence-electron chi connectivity index (χ2n) is 7.08. The summed E-state index contributed by atoms with van der Waals surface area (Å²) in [6, 6.07) is 7.83. The van der Waals surface area contributed by atoms with E-state index in [2.05, 4.69) is 31.7 Å². The van der Waals surface area contributed by atoms with Crippen LogP contribution in [0.25, 0.3) is 0 Å². The highest BCUT2D eigenvalue weighted by atomic mass is 16.6. The Morgan fingerprint density at radius 1 is 1.42 bits per heavy atom. The first kappa shape index (κ1) is 20.1. The van der Waals surface area contributed by atoms with Crippen LogP contribution in [0.3, 0.4) is 0 Å². The molecule has 5 nitrogen and oxygen atoms in total. The number of para-hydroxylation sites is 2. The van der Waals surface area contributed by atoms with E-state index in [1.54, 1.807) is 12.0 Å². The third kappa shape index (κ3) is 3.66. The van der Waals surface area contributed by atoms with E-state index in [1.807, 2.05) is 31.2 Å². The smallest absolute Gasteiger partial charge is 0.414 e. The molecule has 1 aromatic rings. The fourth-order valence-electron chi connectivity index (χ4n) is 3.99. The predicted molar refractivity (Wildman–Crippen MR) is 105 cm³/mol. The van der Waals surface area contributed by atoms with Crippen molar-refractivity contribution in [3.8, 4) is 18.1 Å². The topological polar surface area (TPSA) is 42.0 Å². The van der Waals surface area contributed by atoms with E-state index in [4.69, 9.17) is 15.9 Å². The van der Waals surface area contributed by atoms with Gasteiger partial charge in [0.15, 0.2) is 0 Å². The SMILES string of the molecule is C#CCC1(N(C(=O)OCC)c2ccccc2OC)CC(C)N(C)CC1C. The second-order valence-corrected chi connectivity index (χ2v) is 7.08. The van der Waals surface area contributed by atoms with Crippen LogP contribution in [0.2, 0.25) is 0 Å². The molecule has 0 aliphatic carbocycles. The van der Waals surface area contributed by atoms with Gasteiger partial charge in [-0.25, -0.2) is 4.79 Å². The van der Waals surface area contributed by atoms with Gasteiger partial charge in [0.05, 0.1) is 24.9 Å². The Labute approximate surface area is 157 Å². The summed E-state index contributed by atoms with van der Waals surface area (Å²) in [4.78, 5) is 17.2. The van der Waals surface area contributed by atoms with Gasteiger partial charge in [-0.1, -0.05) is 19.1 Å². The Kier molecular flexibility index (Phi) is 6.55. The molecule has 1 aromatic carbocycles. The molecule has 5 heteroatoms. The van der Waals surface area contributed by atoms with Crippen molar-refractivity contribution in [3.05, 3.63) is 24.3 Å². The van der Waals surface area contributed by atoms with Gasteiger partial charge in [-0.05, 0) is 45.4 Å². The van der Waals surface area contributed by atoms with Crippen LogP contribution in [0.4, 0.5) is 10.5 Å². The molecule has 0 bridgehead atoms. The first-order valence-corrected chi connectivity index (χ1v) is 9.15. The number of benzene rings is 1. The summed E-state index contributed by atoms with van der Waals surface area (Å²) in [7, 11) is 3.72. The molecule has 26 heavy (non-hydrogen) atoms. The van der Waals surface area contributed by atoms with Crippen LogP contribution in [0.1, 0.15) is 33.6 Å². The van der Waals surface area contributed by atoms with Crippen molar-refractivity contribution in [1.29, 1.82) is 0 Å². The lowest BCUT2D eigenvalue weighted by atomic mass is 9.72. The summed E-state index contributed by atoms with van der Waals surface area (Å²) in [5.41, 5.74) is 0.175. The van der Waals surface area contributed by atoms with Crippen molar-refractivity contribution in [2.45, 2.75) is 45.2 Å². The number of amides is 1. The van der Waals surface area contributed by atoms with Gasteiger partial charge in [0.2, 0.25) is 0 Å². The van der Waals surface area contributed by atoms with E-state index in [9.17, 15) is 4.79 Å². The molecule has 142 valence electrons. The number of hydrogen-bond donors (Lipinski definition) is 0. The quantitative estimate of drug-likeness (QED) is 0.751. The third-order valence-corrected chi connectivity index (χ3v) is 5.51. The molecule has 2 rings (SSSR count). The van der Waals surface area contributed by atoms with E-state index < -0.39 is 5.54 Å². The number of nitrogens with zero attached hydrogens (tertiary/aromatic N) is 2. The lowest BCUT2D eigenvalue weighted by molar-refractivity contribution is 0.0691. The first-order valence-electron chi connectivity index (χ1n) is 9.15. The molecule has 1 heterocycles. The van der Waals surface area contributed by atoms with Gasteiger partial charge in [0.25, 0.3) is 0 Å². The molecule has 0 N–H and O–H groups in total. The van der Waals surface area contributed by atoms with Gasteiger partial charge in [-0.3, -0.25) is 4.90 Å². The molecule has 1 saturated heterocycles. The van der Waals surface area contributed by atoms with Crippen LogP contribution < -0.4 is 9.64 Å². The van der Waals surface area contributed by atoms with Gasteiger partial charge >= 0.3 is 6.09 Å². The minimum atomic E-state index is -0.526. The fourth-order valence-corrected chi connectivity index (χ4v) is 3.99. The van der Waals surface area contributed by atoms with Crippen LogP contribution in [-0.2, 0) is 4.74 Å². The highest BCUT2D eigenvalue weighted by Gasteiger charge is 2.50. The maximum absolute atomic E-state index is 13.1. The summed E-state index contributed by atoms with van der Waals surface area (Å²) in [5, 5.41) is 0. The number of terminal acetylenes is 1. The van der Waals surface area contributed by atoms with E-state index in [0.717, 1.165) is 13.0 Å². The Hall–Kier alpha value is -2.19. The van der Waals surface area contributed by atoms with Crippen LogP contribution in [0.5, 0.6) is 5.75 Å². The van der Waals surface area contributed by atoms with E-state index in [1.165, 1.54) is 0 Å². The van der Waals surface area contributed by atoms with Crippen LogP contribution in [0, 0.1) is 18.3 Å². The van der Waals surface area contributed by atoms with Crippen molar-refractivity contribution in [2.75, 3.05) is 32.2 Å². The van der Waals surface area contributed by atoms with Gasteiger partial charge in [0.1, 0.15) is 5.75 Å². The van der Waals surface area contributed by atoms with E-state index >= 15 is 0 Å². The summed E-state index contributed by atoms with van der Waals surface area (Å²) >= 11 is 0. The van der Waals surface area contributed by atoms with Crippen LogP contribution in [-0.4, -0.2) is 49.9 Å². The molecule has 0 aromatic heterocycles. The lowest BCUT2D eigenvalue weighted by Gasteiger charge is -2.53. The number of likely N-dealkylation sites (tertiary alicyclic amines) is 1. The van der Waals surface area contributed by atoms with Gasteiger partial charge in [-0.2, -0.15) is 0 Å². The summed E-state index contributed by atoms with van der Waals surface area (Å²) < 4.78 is 11.0. The zero-order valence-electron chi connectivity index (χ0n) is 16.5. The number of piperidine rings is 1. The van der Waals surface area contributed by atoms with E-state index in [0.29, 0.717) is 30.5 Å². The Balaban J connectivity index is 2.64. The molecular formula is C21H30N2O3. The second kappa shape index (κ2) is 8.46. The molecule has 0 spiro atoms. The monoisotopic (exact) mass is 358 g/mol. The normalized spacial score (nSPS) is 26.0. The largest absolute Gasteiger partial charge is 0.495 e. The summed E-state index contributed by atoms with van der Waals surface area (Å²) in [6.45, 7) is 7.30. The highest BCUT2D eigenvalue weighted by Crippen LogP contribution is 2.44. The van der Waals surface area contributed by atoms with Crippen molar-refractivity contribution < 1.29 is 14.3 Å². The number of methoxy groups -OCH3 is 1. The molecule has 3 atom stereocenters. The zero-order chi connectivity index (χ0) is 19.3. The fraction of sp³-hybridized carbons (Fsp3) is 0.571. The minimum absolute atomic E-state index is 0.175. The molecule has 3 unspecified atom stereocenters. The Morgan fingerprint density at radius 2 is 2.12 bits per heavy atom. The molecule has 0 saturated carbocycles. The standard InChI is InChI=1S/C21H30N2O3/c1-7-13-21(14-17(4)22(5)15-16(21)3)23(20(24)26-8-2)18-11-9-10-12-19(18)25-6/h1,9-12,16-17H,8,13-15H2,2-6H3. The van der Waals surface area contributed by atoms with Crippen molar-refractivity contribution in [2.24, 2.45) is 5.92 Å². The maximum atomic E-state index is 13.1. The minimum Gasteiger partial charge on any atom is -0.495 e. The van der Waals surface area contributed by atoms with Gasteiger partial charge < -0.3 is 14.4 Å². The summed E-state index contributed by atoms with van der Waals surface area (Å²) in [5.74, 6) is 3.63. The molecule has 1 amide bonds. The first-order chi connectivity index (χ1) is 12.4. The average Bonchev–Trinajstić information content (AvgIpc) is 2.61. The number of anilines is 1. The molecule has 1 fully saturated rings. The molecule has 1 aliphatic heterocycles. The van der Waals surface area contributed by atoms with Gasteiger partial charge in [0, 0.05) is 19.0 Å². The molecule has 0 radical (unpaired) electrons. The number of hydrogen-bond acceptors (Lipinski definition) is 4. The number of rotatable bonds is 5. The Morgan fingerprint density at radius 3 is 2.73 bits per heavy atom. The zero-order valence-corrected chi connectivity index (χ0v) is 16.5. The number of carbonyl (C=O) groups excluding carboxylic acids is 1. The summed E-state index contributed by atoms with van der Waals surface area (Å²) in [6.07, 6.45) is 6.63.